The molecule has 1 amide bonds. The van der Waals surface area contributed by atoms with Crippen molar-refractivity contribution >= 4 is 28.5 Å². The zero-order chi connectivity index (χ0) is 19.2. The fraction of sp³-hybridized carbons (Fsp3) is 0.348. The Morgan fingerprint density at radius 1 is 1.04 bits per heavy atom. The molecule has 0 atom stereocenters. The molecule has 1 aliphatic rings. The van der Waals surface area contributed by atoms with E-state index in [2.05, 4.69) is 53.6 Å². The van der Waals surface area contributed by atoms with Gasteiger partial charge in [-0.1, -0.05) is 32.4 Å². The summed E-state index contributed by atoms with van der Waals surface area (Å²) in [5, 5.41) is 6.21. The Morgan fingerprint density at radius 2 is 1.81 bits per heavy atom. The molecule has 4 nitrogen and oxygen atoms in total. The minimum Gasteiger partial charge on any atom is -0.372 e. The molecule has 3 rings (SSSR count). The van der Waals surface area contributed by atoms with E-state index >= 15 is 0 Å². The SMILES string of the molecule is CCCCN(CCC)c1ccc(N/C=C2/C(=O)Nc3cccc(C)c32)cc1. The van der Waals surface area contributed by atoms with E-state index in [1.54, 1.807) is 0 Å². The molecule has 4 heteroatoms. The molecule has 2 N–H and O–H groups in total. The fourth-order valence-corrected chi connectivity index (χ4v) is 3.48. The zero-order valence-electron chi connectivity index (χ0n) is 16.5. The highest BCUT2D eigenvalue weighted by Crippen LogP contribution is 2.34. The van der Waals surface area contributed by atoms with Gasteiger partial charge in [0.05, 0.1) is 5.57 Å². The highest BCUT2D eigenvalue weighted by atomic mass is 16.2. The topological polar surface area (TPSA) is 44.4 Å². The molecule has 0 saturated heterocycles. The van der Waals surface area contributed by atoms with Gasteiger partial charge in [0.2, 0.25) is 0 Å². The second-order valence-corrected chi connectivity index (χ2v) is 7.04. The summed E-state index contributed by atoms with van der Waals surface area (Å²) in [4.78, 5) is 14.7. The highest BCUT2D eigenvalue weighted by Gasteiger charge is 2.25. The standard InChI is InChI=1S/C23H29N3O/c1-4-6-15-26(14-5-2)19-12-10-18(11-13-19)24-16-20-22-17(3)8-7-9-21(22)25-23(20)27/h7-13,16,24H,4-6,14-15H2,1-3H3,(H,25,27)/b20-16+. The number of benzene rings is 2. The van der Waals surface area contributed by atoms with Crippen molar-refractivity contribution in [3.8, 4) is 0 Å². The first-order valence-corrected chi connectivity index (χ1v) is 9.87. The molecular formula is C23H29N3O. The number of aryl methyl sites for hydroxylation is 1. The largest absolute Gasteiger partial charge is 0.372 e. The number of fused-ring (bicyclic) bond motifs is 1. The van der Waals surface area contributed by atoms with Gasteiger partial charge in [-0.3, -0.25) is 4.79 Å². The first-order chi connectivity index (χ1) is 13.1. The first kappa shape index (κ1) is 19.0. The van der Waals surface area contributed by atoms with Gasteiger partial charge in [0.25, 0.3) is 5.91 Å². The quantitative estimate of drug-likeness (QED) is 0.616. The van der Waals surface area contributed by atoms with Crippen LogP contribution in [0.5, 0.6) is 0 Å². The van der Waals surface area contributed by atoms with Crippen LogP contribution in [0.1, 0.15) is 44.2 Å². The maximum absolute atomic E-state index is 12.3. The lowest BCUT2D eigenvalue weighted by Crippen LogP contribution is -2.25. The molecule has 0 aromatic heterocycles. The summed E-state index contributed by atoms with van der Waals surface area (Å²) in [5.41, 5.74) is 5.88. The predicted octanol–water partition coefficient (Wildman–Crippen LogP) is 5.42. The van der Waals surface area contributed by atoms with Crippen LogP contribution in [-0.2, 0) is 4.79 Å². The monoisotopic (exact) mass is 363 g/mol. The first-order valence-electron chi connectivity index (χ1n) is 9.87. The zero-order valence-corrected chi connectivity index (χ0v) is 16.5. The molecule has 0 fully saturated rings. The van der Waals surface area contributed by atoms with Crippen LogP contribution in [0.15, 0.2) is 48.7 Å². The highest BCUT2D eigenvalue weighted by molar-refractivity contribution is 6.32. The van der Waals surface area contributed by atoms with Crippen molar-refractivity contribution in [3.63, 3.8) is 0 Å². The number of carbonyl (C=O) groups excluding carboxylic acids is 1. The van der Waals surface area contributed by atoms with Crippen LogP contribution in [0.4, 0.5) is 17.1 Å². The van der Waals surface area contributed by atoms with E-state index in [1.807, 2.05) is 31.3 Å². The van der Waals surface area contributed by atoms with Gasteiger partial charge in [0.15, 0.2) is 0 Å². The number of anilines is 3. The number of nitrogens with one attached hydrogen (secondary N) is 2. The summed E-state index contributed by atoms with van der Waals surface area (Å²) < 4.78 is 0. The third kappa shape index (κ3) is 4.33. The molecule has 0 radical (unpaired) electrons. The number of rotatable bonds is 8. The lowest BCUT2D eigenvalue weighted by atomic mass is 10.0. The summed E-state index contributed by atoms with van der Waals surface area (Å²) in [6, 6.07) is 14.4. The lowest BCUT2D eigenvalue weighted by molar-refractivity contribution is -0.110. The van der Waals surface area contributed by atoms with E-state index in [9.17, 15) is 4.79 Å². The Hall–Kier alpha value is -2.75. The summed E-state index contributed by atoms with van der Waals surface area (Å²) in [6.45, 7) is 8.64. The molecule has 27 heavy (non-hydrogen) atoms. The summed E-state index contributed by atoms with van der Waals surface area (Å²) in [7, 11) is 0. The van der Waals surface area contributed by atoms with Crippen molar-refractivity contribution in [2.75, 3.05) is 28.6 Å². The van der Waals surface area contributed by atoms with Crippen molar-refractivity contribution < 1.29 is 4.79 Å². The van der Waals surface area contributed by atoms with E-state index in [-0.39, 0.29) is 5.91 Å². The van der Waals surface area contributed by atoms with Crippen molar-refractivity contribution in [1.82, 2.24) is 0 Å². The van der Waals surface area contributed by atoms with Gasteiger partial charge in [-0.25, -0.2) is 0 Å². The van der Waals surface area contributed by atoms with Gasteiger partial charge in [-0.15, -0.1) is 0 Å². The second kappa shape index (κ2) is 8.76. The Morgan fingerprint density at radius 3 is 2.52 bits per heavy atom. The van der Waals surface area contributed by atoms with Crippen molar-refractivity contribution in [1.29, 1.82) is 0 Å². The van der Waals surface area contributed by atoms with Gasteiger partial charge >= 0.3 is 0 Å². The molecule has 2 aromatic carbocycles. The Balaban J connectivity index is 1.74. The Kier molecular flexibility index (Phi) is 6.17. The van der Waals surface area contributed by atoms with E-state index in [1.165, 1.54) is 18.5 Å². The third-order valence-electron chi connectivity index (χ3n) is 4.93. The summed E-state index contributed by atoms with van der Waals surface area (Å²) in [6.07, 6.45) is 5.37. The van der Waals surface area contributed by atoms with Gasteiger partial charge in [-0.2, -0.15) is 0 Å². The van der Waals surface area contributed by atoms with Crippen LogP contribution >= 0.6 is 0 Å². The van der Waals surface area contributed by atoms with Crippen molar-refractivity contribution in [2.24, 2.45) is 0 Å². The molecule has 2 aromatic rings. The van der Waals surface area contributed by atoms with Crippen molar-refractivity contribution in [3.05, 3.63) is 59.8 Å². The number of carbonyl (C=O) groups is 1. The van der Waals surface area contributed by atoms with E-state index in [4.69, 9.17) is 0 Å². The normalized spacial score (nSPS) is 14.2. The number of amides is 1. The fourth-order valence-electron chi connectivity index (χ4n) is 3.48. The average molecular weight is 364 g/mol. The maximum Gasteiger partial charge on any atom is 0.257 e. The van der Waals surface area contributed by atoms with Crippen molar-refractivity contribution in [2.45, 2.75) is 40.0 Å². The van der Waals surface area contributed by atoms with Crippen LogP contribution in [0.3, 0.4) is 0 Å². The van der Waals surface area contributed by atoms with E-state index < -0.39 is 0 Å². The van der Waals surface area contributed by atoms with Crippen LogP contribution in [0.2, 0.25) is 0 Å². The lowest BCUT2D eigenvalue weighted by Gasteiger charge is -2.24. The van der Waals surface area contributed by atoms with Gasteiger partial charge in [-0.05, 0) is 55.7 Å². The van der Waals surface area contributed by atoms with Gasteiger partial charge in [0, 0.05) is 41.9 Å². The van der Waals surface area contributed by atoms with Crippen LogP contribution in [0, 0.1) is 6.92 Å². The van der Waals surface area contributed by atoms with E-state index in [0.29, 0.717) is 5.57 Å². The molecule has 0 unspecified atom stereocenters. The maximum atomic E-state index is 12.3. The summed E-state index contributed by atoms with van der Waals surface area (Å²) in [5.74, 6) is -0.0582. The third-order valence-corrected chi connectivity index (χ3v) is 4.93. The van der Waals surface area contributed by atoms with E-state index in [0.717, 1.165) is 42.0 Å². The number of unbranched alkanes of at least 4 members (excludes halogenated alkanes) is 1. The predicted molar refractivity (Wildman–Crippen MR) is 115 cm³/mol. The van der Waals surface area contributed by atoms with Crippen LogP contribution < -0.4 is 15.5 Å². The molecular weight excluding hydrogens is 334 g/mol. The smallest absolute Gasteiger partial charge is 0.257 e. The number of hydrogen-bond acceptors (Lipinski definition) is 3. The molecule has 0 saturated carbocycles. The Labute approximate surface area is 162 Å². The molecule has 0 aliphatic carbocycles. The van der Waals surface area contributed by atoms with Gasteiger partial charge in [0.1, 0.15) is 0 Å². The van der Waals surface area contributed by atoms with Crippen LogP contribution in [-0.4, -0.2) is 19.0 Å². The molecule has 1 heterocycles. The van der Waals surface area contributed by atoms with Crippen LogP contribution in [0.25, 0.3) is 5.57 Å². The minimum absolute atomic E-state index is 0.0582. The second-order valence-electron chi connectivity index (χ2n) is 7.04. The van der Waals surface area contributed by atoms with Gasteiger partial charge < -0.3 is 15.5 Å². The Bertz CT molecular complexity index is 824. The molecule has 1 aliphatic heterocycles. The minimum atomic E-state index is -0.0582. The average Bonchev–Trinajstić information content (AvgIpc) is 3.00. The molecule has 0 spiro atoms. The number of nitrogens with zero attached hydrogens (tertiary/aromatic N) is 1. The molecule has 0 bridgehead atoms. The molecule has 142 valence electrons. The summed E-state index contributed by atoms with van der Waals surface area (Å²) >= 11 is 0. The number of hydrogen-bond donors (Lipinski definition) is 2.